The van der Waals surface area contributed by atoms with Crippen LogP contribution in [0.5, 0.6) is 0 Å². The number of carbonyl (C=O) groups is 1. The van der Waals surface area contributed by atoms with Gasteiger partial charge in [-0.3, -0.25) is 4.79 Å². The van der Waals surface area contributed by atoms with E-state index in [1.54, 1.807) is 17.4 Å². The molecule has 3 nitrogen and oxygen atoms in total. The van der Waals surface area contributed by atoms with Crippen molar-refractivity contribution in [3.8, 4) is 0 Å². The van der Waals surface area contributed by atoms with E-state index in [4.69, 9.17) is 0 Å². The maximum absolute atomic E-state index is 11.8. The fraction of sp³-hybridized carbons (Fsp3) is 0.200. The Bertz CT molecular complexity index is 629. The van der Waals surface area contributed by atoms with E-state index in [2.05, 4.69) is 10.3 Å². The Morgan fingerprint density at radius 3 is 2.79 bits per heavy atom. The molecule has 0 fully saturated rings. The first-order valence-electron chi connectivity index (χ1n) is 6.03. The van der Waals surface area contributed by atoms with Crippen LogP contribution in [0.3, 0.4) is 0 Å². The molecule has 0 aliphatic heterocycles. The van der Waals surface area contributed by atoms with Crippen LogP contribution in [0.4, 0.5) is 5.69 Å². The molecule has 0 saturated heterocycles. The number of nitrogens with one attached hydrogen (secondary N) is 1. The number of carbonyl (C=O) groups excluding carboxylic acids is 1. The average molecular weight is 272 g/mol. The molecule has 19 heavy (non-hydrogen) atoms. The van der Waals surface area contributed by atoms with Crippen molar-refractivity contribution >= 4 is 29.0 Å². The lowest BCUT2D eigenvalue weighted by atomic mass is 10.1. The van der Waals surface area contributed by atoms with Crippen molar-refractivity contribution < 1.29 is 4.79 Å². The van der Waals surface area contributed by atoms with E-state index in [0.29, 0.717) is 0 Å². The van der Waals surface area contributed by atoms with Gasteiger partial charge in [0.05, 0.1) is 10.7 Å². The molecule has 0 bridgehead atoms. The summed E-state index contributed by atoms with van der Waals surface area (Å²) in [6, 6.07) is 5.99. The lowest BCUT2D eigenvalue weighted by Gasteiger charge is -2.07. The maximum atomic E-state index is 11.8. The molecule has 0 unspecified atom stereocenters. The van der Waals surface area contributed by atoms with Crippen molar-refractivity contribution in [2.45, 2.75) is 20.8 Å². The number of aromatic nitrogens is 1. The third kappa shape index (κ3) is 3.76. The van der Waals surface area contributed by atoms with Crippen molar-refractivity contribution in [3.05, 3.63) is 51.5 Å². The molecule has 1 aromatic carbocycles. The number of hydrogen-bond acceptors (Lipinski definition) is 3. The summed E-state index contributed by atoms with van der Waals surface area (Å²) in [5.41, 5.74) is 3.85. The van der Waals surface area contributed by atoms with Gasteiger partial charge in [-0.05, 0) is 44.0 Å². The number of rotatable bonds is 3. The number of aryl methyl sites for hydroxylation is 3. The van der Waals surface area contributed by atoms with Crippen molar-refractivity contribution in [2.24, 2.45) is 0 Å². The maximum Gasteiger partial charge on any atom is 0.248 e. The molecule has 0 aliphatic carbocycles. The highest BCUT2D eigenvalue weighted by atomic mass is 32.1. The zero-order chi connectivity index (χ0) is 13.8. The standard InChI is InChI=1S/C15H16N2OS/c1-10-4-5-11(2)14(8-10)17-15(18)7-6-13-9-19-12(3)16-13/h4-9H,1-3H3,(H,17,18)/b7-6+. The minimum atomic E-state index is -0.139. The summed E-state index contributed by atoms with van der Waals surface area (Å²) < 4.78 is 0. The summed E-state index contributed by atoms with van der Waals surface area (Å²) in [6.45, 7) is 5.92. The van der Waals surface area contributed by atoms with E-state index in [-0.39, 0.29) is 5.91 Å². The second-order valence-corrected chi connectivity index (χ2v) is 5.49. The van der Waals surface area contributed by atoms with Crippen LogP contribution in [0, 0.1) is 20.8 Å². The van der Waals surface area contributed by atoms with Gasteiger partial charge in [0.15, 0.2) is 0 Å². The van der Waals surface area contributed by atoms with Gasteiger partial charge in [-0.2, -0.15) is 0 Å². The number of benzene rings is 1. The van der Waals surface area contributed by atoms with Crippen LogP contribution in [0.1, 0.15) is 21.8 Å². The highest BCUT2D eigenvalue weighted by Gasteiger charge is 2.02. The molecule has 1 amide bonds. The second kappa shape index (κ2) is 5.80. The third-order valence-electron chi connectivity index (χ3n) is 2.69. The van der Waals surface area contributed by atoms with E-state index >= 15 is 0 Å². The predicted octanol–water partition coefficient (Wildman–Crippen LogP) is 3.72. The van der Waals surface area contributed by atoms with Crippen LogP contribution in [0.25, 0.3) is 6.08 Å². The highest BCUT2D eigenvalue weighted by Crippen LogP contribution is 2.16. The molecule has 0 spiro atoms. The monoisotopic (exact) mass is 272 g/mol. The van der Waals surface area contributed by atoms with E-state index in [1.165, 1.54) is 6.08 Å². The van der Waals surface area contributed by atoms with Gasteiger partial charge in [0, 0.05) is 17.1 Å². The fourth-order valence-electron chi connectivity index (χ4n) is 1.66. The van der Waals surface area contributed by atoms with Gasteiger partial charge in [0.2, 0.25) is 5.91 Å². The van der Waals surface area contributed by atoms with Gasteiger partial charge in [0.25, 0.3) is 0 Å². The number of amides is 1. The summed E-state index contributed by atoms with van der Waals surface area (Å²) in [5.74, 6) is -0.139. The summed E-state index contributed by atoms with van der Waals surface area (Å²) in [4.78, 5) is 16.1. The largest absolute Gasteiger partial charge is 0.322 e. The molecule has 0 saturated carbocycles. The minimum absolute atomic E-state index is 0.139. The van der Waals surface area contributed by atoms with Gasteiger partial charge < -0.3 is 5.32 Å². The molecule has 1 heterocycles. The first kappa shape index (κ1) is 13.5. The van der Waals surface area contributed by atoms with E-state index in [0.717, 1.165) is 27.5 Å². The van der Waals surface area contributed by atoms with Gasteiger partial charge in [-0.25, -0.2) is 4.98 Å². The number of nitrogens with zero attached hydrogens (tertiary/aromatic N) is 1. The molecule has 1 aromatic heterocycles. The van der Waals surface area contributed by atoms with Crippen molar-refractivity contribution in [1.82, 2.24) is 4.98 Å². The predicted molar refractivity (Wildman–Crippen MR) is 80.4 cm³/mol. The van der Waals surface area contributed by atoms with Crippen LogP contribution in [-0.2, 0) is 4.79 Å². The van der Waals surface area contributed by atoms with Gasteiger partial charge in [0.1, 0.15) is 0 Å². The smallest absolute Gasteiger partial charge is 0.248 e. The molecule has 2 rings (SSSR count). The van der Waals surface area contributed by atoms with Crippen LogP contribution in [-0.4, -0.2) is 10.9 Å². The Labute approximate surface area is 117 Å². The molecule has 2 aromatic rings. The van der Waals surface area contributed by atoms with Gasteiger partial charge >= 0.3 is 0 Å². The Kier molecular flexibility index (Phi) is 4.12. The average Bonchev–Trinajstić information content (AvgIpc) is 2.77. The zero-order valence-corrected chi connectivity index (χ0v) is 12.0. The van der Waals surface area contributed by atoms with Crippen LogP contribution in [0.2, 0.25) is 0 Å². The summed E-state index contributed by atoms with van der Waals surface area (Å²) in [6.07, 6.45) is 3.24. The Balaban J connectivity index is 2.05. The first-order valence-corrected chi connectivity index (χ1v) is 6.91. The Hall–Kier alpha value is -1.94. The molecule has 1 N–H and O–H groups in total. The molecular weight excluding hydrogens is 256 g/mol. The quantitative estimate of drug-likeness (QED) is 0.865. The molecule has 0 aliphatic rings. The topological polar surface area (TPSA) is 42.0 Å². The molecule has 0 radical (unpaired) electrons. The number of hydrogen-bond donors (Lipinski definition) is 1. The normalized spacial score (nSPS) is 10.9. The summed E-state index contributed by atoms with van der Waals surface area (Å²) in [5, 5.41) is 5.80. The van der Waals surface area contributed by atoms with Crippen LogP contribution < -0.4 is 5.32 Å². The fourth-order valence-corrected chi connectivity index (χ4v) is 2.24. The van der Waals surface area contributed by atoms with Crippen LogP contribution >= 0.6 is 11.3 Å². The highest BCUT2D eigenvalue weighted by molar-refractivity contribution is 7.09. The number of thiazole rings is 1. The second-order valence-electron chi connectivity index (χ2n) is 4.43. The lowest BCUT2D eigenvalue weighted by Crippen LogP contribution is -2.09. The zero-order valence-electron chi connectivity index (χ0n) is 11.2. The van der Waals surface area contributed by atoms with Crippen molar-refractivity contribution in [3.63, 3.8) is 0 Å². The molecule has 98 valence electrons. The van der Waals surface area contributed by atoms with E-state index in [9.17, 15) is 4.79 Å². The van der Waals surface area contributed by atoms with Crippen molar-refractivity contribution in [2.75, 3.05) is 5.32 Å². The Morgan fingerprint density at radius 1 is 1.32 bits per heavy atom. The summed E-state index contributed by atoms with van der Waals surface area (Å²) in [7, 11) is 0. The van der Waals surface area contributed by atoms with E-state index in [1.807, 2.05) is 44.4 Å². The molecule has 0 atom stereocenters. The van der Waals surface area contributed by atoms with Crippen LogP contribution in [0.15, 0.2) is 29.7 Å². The first-order chi connectivity index (χ1) is 9.04. The summed E-state index contributed by atoms with van der Waals surface area (Å²) >= 11 is 1.57. The molecule has 4 heteroatoms. The minimum Gasteiger partial charge on any atom is -0.322 e. The van der Waals surface area contributed by atoms with Gasteiger partial charge in [-0.15, -0.1) is 11.3 Å². The van der Waals surface area contributed by atoms with E-state index < -0.39 is 0 Å². The lowest BCUT2D eigenvalue weighted by molar-refractivity contribution is -0.111. The molecular formula is C15H16N2OS. The SMILES string of the molecule is Cc1ccc(C)c(NC(=O)/C=C/c2csc(C)n2)c1. The third-order valence-corrected chi connectivity index (χ3v) is 3.48. The van der Waals surface area contributed by atoms with Crippen molar-refractivity contribution in [1.29, 1.82) is 0 Å². The Morgan fingerprint density at radius 2 is 2.11 bits per heavy atom. The van der Waals surface area contributed by atoms with Gasteiger partial charge in [-0.1, -0.05) is 12.1 Å². The number of anilines is 1.